The molecule has 0 atom stereocenters. The predicted octanol–water partition coefficient (Wildman–Crippen LogP) is 3.28. The van der Waals surface area contributed by atoms with Crippen LogP contribution >= 0.6 is 15.9 Å². The number of hydrogen-bond acceptors (Lipinski definition) is 2. The van der Waals surface area contributed by atoms with Crippen molar-refractivity contribution >= 4 is 21.6 Å². The highest BCUT2D eigenvalue weighted by atomic mass is 79.9. The first-order valence-corrected chi connectivity index (χ1v) is 7.24. The van der Waals surface area contributed by atoms with Crippen LogP contribution in [0, 0.1) is 5.92 Å². The van der Waals surface area contributed by atoms with Gasteiger partial charge in [0.25, 0.3) is 0 Å². The molecule has 1 aromatic rings. The van der Waals surface area contributed by atoms with Gasteiger partial charge >= 0.3 is 0 Å². The average Bonchev–Trinajstić information content (AvgIpc) is 2.38. The van der Waals surface area contributed by atoms with Crippen molar-refractivity contribution in [1.29, 1.82) is 0 Å². The molecular formula is C14H21BrN2. The minimum absolute atomic E-state index is 0.911. The molecule has 0 bridgehead atoms. The molecule has 0 spiro atoms. The molecule has 1 saturated heterocycles. The van der Waals surface area contributed by atoms with E-state index in [1.807, 2.05) is 7.05 Å². The first-order chi connectivity index (χ1) is 8.29. The first kappa shape index (κ1) is 12.9. The molecule has 0 amide bonds. The van der Waals surface area contributed by atoms with Gasteiger partial charge in [-0.25, -0.2) is 0 Å². The maximum Gasteiger partial charge on any atom is 0.0366 e. The fraction of sp³-hybridized carbons (Fsp3) is 0.571. The number of piperidine rings is 1. The quantitative estimate of drug-likeness (QED) is 0.917. The van der Waals surface area contributed by atoms with E-state index in [1.165, 1.54) is 38.0 Å². The van der Waals surface area contributed by atoms with Crippen LogP contribution in [0.5, 0.6) is 0 Å². The third-order valence-electron chi connectivity index (χ3n) is 3.61. The van der Waals surface area contributed by atoms with E-state index in [-0.39, 0.29) is 0 Å². The van der Waals surface area contributed by atoms with Gasteiger partial charge in [0.15, 0.2) is 0 Å². The third kappa shape index (κ3) is 3.71. The number of halogens is 1. The summed E-state index contributed by atoms with van der Waals surface area (Å²) in [6.07, 6.45) is 3.99. The predicted molar refractivity (Wildman–Crippen MR) is 77.6 cm³/mol. The van der Waals surface area contributed by atoms with Crippen LogP contribution in [-0.4, -0.2) is 26.7 Å². The lowest BCUT2D eigenvalue weighted by molar-refractivity contribution is 0.378. The SMILES string of the molecule is CNCCC1CCN(c2ccc(Br)cc2)CC1. The van der Waals surface area contributed by atoms with Crippen LogP contribution in [0.1, 0.15) is 19.3 Å². The number of benzene rings is 1. The summed E-state index contributed by atoms with van der Waals surface area (Å²) in [7, 11) is 2.04. The lowest BCUT2D eigenvalue weighted by Crippen LogP contribution is -2.34. The third-order valence-corrected chi connectivity index (χ3v) is 4.14. The maximum atomic E-state index is 3.48. The van der Waals surface area contributed by atoms with Crippen molar-refractivity contribution in [3.63, 3.8) is 0 Å². The van der Waals surface area contributed by atoms with E-state index in [1.54, 1.807) is 0 Å². The van der Waals surface area contributed by atoms with Crippen LogP contribution in [0.25, 0.3) is 0 Å². The maximum absolute atomic E-state index is 3.48. The van der Waals surface area contributed by atoms with E-state index < -0.39 is 0 Å². The average molecular weight is 297 g/mol. The van der Waals surface area contributed by atoms with E-state index in [0.717, 1.165) is 16.9 Å². The molecule has 1 aromatic carbocycles. The smallest absolute Gasteiger partial charge is 0.0366 e. The van der Waals surface area contributed by atoms with Gasteiger partial charge in [0.2, 0.25) is 0 Å². The van der Waals surface area contributed by atoms with Crippen LogP contribution in [0.2, 0.25) is 0 Å². The van der Waals surface area contributed by atoms with Gasteiger partial charge < -0.3 is 10.2 Å². The Morgan fingerprint density at radius 2 is 1.88 bits per heavy atom. The van der Waals surface area contributed by atoms with Gasteiger partial charge in [-0.05, 0) is 63.0 Å². The van der Waals surface area contributed by atoms with E-state index in [2.05, 4.69) is 50.4 Å². The van der Waals surface area contributed by atoms with Gasteiger partial charge in [-0.1, -0.05) is 15.9 Å². The summed E-state index contributed by atoms with van der Waals surface area (Å²) in [4.78, 5) is 2.50. The van der Waals surface area contributed by atoms with Crippen molar-refractivity contribution in [3.8, 4) is 0 Å². The fourth-order valence-electron chi connectivity index (χ4n) is 2.48. The monoisotopic (exact) mass is 296 g/mol. The molecular weight excluding hydrogens is 276 g/mol. The van der Waals surface area contributed by atoms with Gasteiger partial charge in [0.1, 0.15) is 0 Å². The second-order valence-corrected chi connectivity index (χ2v) is 5.71. The summed E-state index contributed by atoms with van der Waals surface area (Å²) < 4.78 is 1.16. The molecule has 0 unspecified atom stereocenters. The van der Waals surface area contributed by atoms with Crippen LogP contribution in [0.4, 0.5) is 5.69 Å². The zero-order valence-electron chi connectivity index (χ0n) is 10.5. The Labute approximate surface area is 113 Å². The zero-order chi connectivity index (χ0) is 12.1. The Bertz CT molecular complexity index is 329. The minimum Gasteiger partial charge on any atom is -0.372 e. The Kier molecular flexibility index (Phi) is 4.86. The molecule has 1 aliphatic heterocycles. The van der Waals surface area contributed by atoms with Gasteiger partial charge in [-0.3, -0.25) is 0 Å². The van der Waals surface area contributed by atoms with Crippen LogP contribution in [0.3, 0.4) is 0 Å². The zero-order valence-corrected chi connectivity index (χ0v) is 12.0. The summed E-state index contributed by atoms with van der Waals surface area (Å²) in [5, 5.41) is 3.25. The summed E-state index contributed by atoms with van der Waals surface area (Å²) in [6, 6.07) is 8.67. The fourth-order valence-corrected chi connectivity index (χ4v) is 2.74. The van der Waals surface area contributed by atoms with Crippen molar-refractivity contribution in [2.24, 2.45) is 5.92 Å². The Balaban J connectivity index is 1.84. The Morgan fingerprint density at radius 3 is 2.47 bits per heavy atom. The highest BCUT2D eigenvalue weighted by Crippen LogP contribution is 2.25. The van der Waals surface area contributed by atoms with E-state index >= 15 is 0 Å². The lowest BCUT2D eigenvalue weighted by atomic mass is 9.93. The highest BCUT2D eigenvalue weighted by molar-refractivity contribution is 9.10. The molecule has 2 rings (SSSR count). The molecule has 1 fully saturated rings. The standard InChI is InChI=1S/C14H21BrN2/c1-16-9-6-12-7-10-17(11-8-12)14-4-2-13(15)3-5-14/h2-5,12,16H,6-11H2,1H3. The van der Waals surface area contributed by atoms with Crippen LogP contribution < -0.4 is 10.2 Å². The van der Waals surface area contributed by atoms with Gasteiger partial charge in [-0.15, -0.1) is 0 Å². The summed E-state index contributed by atoms with van der Waals surface area (Å²) >= 11 is 3.48. The van der Waals surface area contributed by atoms with Crippen molar-refractivity contribution in [2.45, 2.75) is 19.3 Å². The van der Waals surface area contributed by atoms with Crippen molar-refractivity contribution in [1.82, 2.24) is 5.32 Å². The molecule has 0 aromatic heterocycles. The van der Waals surface area contributed by atoms with Crippen molar-refractivity contribution < 1.29 is 0 Å². The van der Waals surface area contributed by atoms with Gasteiger partial charge in [0, 0.05) is 23.2 Å². The van der Waals surface area contributed by atoms with Gasteiger partial charge in [0.05, 0.1) is 0 Å². The summed E-state index contributed by atoms with van der Waals surface area (Å²) in [5.41, 5.74) is 1.36. The van der Waals surface area contributed by atoms with Gasteiger partial charge in [-0.2, -0.15) is 0 Å². The van der Waals surface area contributed by atoms with Crippen LogP contribution in [-0.2, 0) is 0 Å². The molecule has 0 saturated carbocycles. The van der Waals surface area contributed by atoms with Crippen molar-refractivity contribution in [2.75, 3.05) is 31.6 Å². The lowest BCUT2D eigenvalue weighted by Gasteiger charge is -2.33. The summed E-state index contributed by atoms with van der Waals surface area (Å²) in [5.74, 6) is 0.911. The molecule has 0 aliphatic carbocycles. The van der Waals surface area contributed by atoms with Crippen molar-refractivity contribution in [3.05, 3.63) is 28.7 Å². The topological polar surface area (TPSA) is 15.3 Å². The molecule has 17 heavy (non-hydrogen) atoms. The number of anilines is 1. The molecule has 3 heteroatoms. The van der Waals surface area contributed by atoms with E-state index in [0.29, 0.717) is 0 Å². The molecule has 1 heterocycles. The van der Waals surface area contributed by atoms with E-state index in [4.69, 9.17) is 0 Å². The largest absolute Gasteiger partial charge is 0.372 e. The molecule has 94 valence electrons. The normalized spacial score (nSPS) is 17.4. The second-order valence-electron chi connectivity index (χ2n) is 4.80. The molecule has 1 N–H and O–H groups in total. The molecule has 2 nitrogen and oxygen atoms in total. The second kappa shape index (κ2) is 6.41. The number of nitrogens with zero attached hydrogens (tertiary/aromatic N) is 1. The number of rotatable bonds is 4. The molecule has 0 radical (unpaired) electrons. The number of hydrogen-bond donors (Lipinski definition) is 1. The number of nitrogens with one attached hydrogen (secondary N) is 1. The minimum atomic E-state index is 0.911. The summed E-state index contributed by atoms with van der Waals surface area (Å²) in [6.45, 7) is 3.56. The Morgan fingerprint density at radius 1 is 1.24 bits per heavy atom. The van der Waals surface area contributed by atoms with Crippen LogP contribution in [0.15, 0.2) is 28.7 Å². The first-order valence-electron chi connectivity index (χ1n) is 6.44. The Hall–Kier alpha value is -0.540. The highest BCUT2D eigenvalue weighted by Gasteiger charge is 2.18. The molecule has 1 aliphatic rings. The van der Waals surface area contributed by atoms with E-state index in [9.17, 15) is 0 Å².